The molecule has 1 heterocycles. The summed E-state index contributed by atoms with van der Waals surface area (Å²) in [5.74, 6) is 0.292. The van der Waals surface area contributed by atoms with Gasteiger partial charge in [-0.3, -0.25) is 10.1 Å². The van der Waals surface area contributed by atoms with Gasteiger partial charge in [-0.05, 0) is 22.6 Å². The number of rotatable bonds is 2. The highest BCUT2D eigenvalue weighted by atomic mass is 127. The van der Waals surface area contributed by atoms with Crippen molar-refractivity contribution in [2.75, 3.05) is 12.4 Å². The molecule has 12 heavy (non-hydrogen) atoms. The SMILES string of the molecule is CNc1ncc(I)cc1[N+](=O)[O-]. The molecular weight excluding hydrogens is 273 g/mol. The molecule has 0 atom stereocenters. The number of aromatic nitrogens is 1. The van der Waals surface area contributed by atoms with E-state index in [0.717, 1.165) is 3.57 Å². The van der Waals surface area contributed by atoms with Gasteiger partial charge in [-0.1, -0.05) is 0 Å². The second-order valence-electron chi connectivity index (χ2n) is 2.03. The minimum Gasteiger partial charge on any atom is -0.367 e. The monoisotopic (exact) mass is 279 g/mol. The van der Waals surface area contributed by atoms with Crippen molar-refractivity contribution in [1.29, 1.82) is 0 Å². The highest BCUT2D eigenvalue weighted by molar-refractivity contribution is 14.1. The summed E-state index contributed by atoms with van der Waals surface area (Å²) in [6.07, 6.45) is 1.57. The third-order valence-electron chi connectivity index (χ3n) is 1.27. The molecular formula is C6H6IN3O2. The Labute approximate surface area is 82.5 Å². The first-order valence-corrected chi connectivity index (χ1v) is 4.20. The van der Waals surface area contributed by atoms with Crippen molar-refractivity contribution in [3.05, 3.63) is 25.9 Å². The molecule has 0 fully saturated rings. The lowest BCUT2D eigenvalue weighted by Crippen LogP contribution is -1.99. The molecule has 1 N–H and O–H groups in total. The largest absolute Gasteiger partial charge is 0.367 e. The molecule has 0 saturated heterocycles. The average Bonchev–Trinajstić information content (AvgIpc) is 2.04. The van der Waals surface area contributed by atoms with Gasteiger partial charge in [0.1, 0.15) is 0 Å². The first-order chi connectivity index (χ1) is 5.65. The fourth-order valence-corrected chi connectivity index (χ4v) is 1.19. The van der Waals surface area contributed by atoms with Crippen molar-refractivity contribution >= 4 is 34.1 Å². The zero-order valence-electron chi connectivity index (χ0n) is 6.24. The second kappa shape index (κ2) is 3.65. The van der Waals surface area contributed by atoms with Gasteiger partial charge in [0.25, 0.3) is 0 Å². The van der Waals surface area contributed by atoms with Crippen LogP contribution in [-0.4, -0.2) is 17.0 Å². The van der Waals surface area contributed by atoms with E-state index in [2.05, 4.69) is 10.3 Å². The predicted octanol–water partition coefficient (Wildman–Crippen LogP) is 1.64. The number of hydrogen-bond acceptors (Lipinski definition) is 4. The van der Waals surface area contributed by atoms with Crippen LogP contribution in [0.5, 0.6) is 0 Å². The molecule has 0 amide bonds. The van der Waals surface area contributed by atoms with E-state index >= 15 is 0 Å². The fourth-order valence-electron chi connectivity index (χ4n) is 0.760. The van der Waals surface area contributed by atoms with E-state index in [4.69, 9.17) is 0 Å². The molecule has 0 spiro atoms. The lowest BCUT2D eigenvalue weighted by atomic mass is 10.4. The van der Waals surface area contributed by atoms with Crippen molar-refractivity contribution < 1.29 is 4.92 Å². The van der Waals surface area contributed by atoms with Gasteiger partial charge in [-0.15, -0.1) is 0 Å². The zero-order valence-corrected chi connectivity index (χ0v) is 8.40. The second-order valence-corrected chi connectivity index (χ2v) is 3.27. The molecule has 0 aliphatic rings. The standard InChI is InChI=1S/C6H6IN3O2/c1-8-6-5(10(11)12)2-4(7)3-9-6/h2-3H,1H3,(H,8,9). The van der Waals surface area contributed by atoms with Gasteiger partial charge >= 0.3 is 5.69 Å². The molecule has 64 valence electrons. The highest BCUT2D eigenvalue weighted by Crippen LogP contribution is 2.22. The Hall–Kier alpha value is -0.920. The Morgan fingerprint density at radius 3 is 2.92 bits per heavy atom. The topological polar surface area (TPSA) is 68.1 Å². The van der Waals surface area contributed by atoms with E-state index in [1.807, 2.05) is 22.6 Å². The quantitative estimate of drug-likeness (QED) is 0.507. The summed E-state index contributed by atoms with van der Waals surface area (Å²) in [6.45, 7) is 0. The van der Waals surface area contributed by atoms with Crippen molar-refractivity contribution in [3.8, 4) is 0 Å². The number of nitrogens with one attached hydrogen (secondary N) is 1. The summed E-state index contributed by atoms with van der Waals surface area (Å²) in [6, 6.07) is 1.47. The molecule has 0 aliphatic carbocycles. The van der Waals surface area contributed by atoms with E-state index in [-0.39, 0.29) is 5.69 Å². The van der Waals surface area contributed by atoms with Gasteiger partial charge in [0.2, 0.25) is 5.82 Å². The smallest absolute Gasteiger partial charge is 0.312 e. The molecule has 1 aromatic heterocycles. The first kappa shape index (κ1) is 9.17. The van der Waals surface area contributed by atoms with Gasteiger partial charge < -0.3 is 5.32 Å². The number of hydrogen-bond donors (Lipinski definition) is 1. The predicted molar refractivity (Wildman–Crippen MR) is 53.2 cm³/mol. The molecule has 1 aromatic rings. The summed E-state index contributed by atoms with van der Waals surface area (Å²) in [5, 5.41) is 13.1. The van der Waals surface area contributed by atoms with Crippen molar-refractivity contribution in [2.24, 2.45) is 0 Å². The summed E-state index contributed by atoms with van der Waals surface area (Å²) < 4.78 is 0.748. The number of pyridine rings is 1. The van der Waals surface area contributed by atoms with Crippen LogP contribution in [0.4, 0.5) is 11.5 Å². The minimum absolute atomic E-state index is 0.00407. The van der Waals surface area contributed by atoms with E-state index in [0.29, 0.717) is 5.82 Å². The lowest BCUT2D eigenvalue weighted by molar-refractivity contribution is -0.384. The molecule has 5 nitrogen and oxygen atoms in total. The molecule has 0 aliphatic heterocycles. The Kier molecular flexibility index (Phi) is 2.79. The summed E-state index contributed by atoms with van der Waals surface area (Å²) in [7, 11) is 1.60. The molecule has 1 rings (SSSR count). The van der Waals surface area contributed by atoms with E-state index in [1.54, 1.807) is 13.2 Å². The Morgan fingerprint density at radius 1 is 1.75 bits per heavy atom. The molecule has 0 bridgehead atoms. The van der Waals surface area contributed by atoms with E-state index in [1.165, 1.54) is 6.07 Å². The van der Waals surface area contributed by atoms with E-state index in [9.17, 15) is 10.1 Å². The maximum atomic E-state index is 10.5. The minimum atomic E-state index is -0.457. The van der Waals surface area contributed by atoms with Gasteiger partial charge in [0, 0.05) is 22.9 Å². The van der Waals surface area contributed by atoms with Crippen LogP contribution in [0.3, 0.4) is 0 Å². The van der Waals surface area contributed by atoms with Gasteiger partial charge in [-0.25, -0.2) is 4.98 Å². The number of halogens is 1. The van der Waals surface area contributed by atoms with Crippen LogP contribution in [-0.2, 0) is 0 Å². The van der Waals surface area contributed by atoms with Gasteiger partial charge in [0.15, 0.2) is 0 Å². The summed E-state index contributed by atoms with van der Waals surface area (Å²) >= 11 is 1.98. The molecule has 0 unspecified atom stereocenters. The number of nitrogens with zero attached hydrogens (tertiary/aromatic N) is 2. The molecule has 0 aromatic carbocycles. The van der Waals surface area contributed by atoms with Crippen LogP contribution < -0.4 is 5.32 Å². The zero-order chi connectivity index (χ0) is 9.14. The van der Waals surface area contributed by atoms with Crippen LogP contribution in [0.1, 0.15) is 0 Å². The number of nitro groups is 1. The lowest BCUT2D eigenvalue weighted by Gasteiger charge is -1.99. The molecule has 0 saturated carbocycles. The molecule has 0 radical (unpaired) electrons. The third kappa shape index (κ3) is 1.81. The van der Waals surface area contributed by atoms with Crippen molar-refractivity contribution in [2.45, 2.75) is 0 Å². The van der Waals surface area contributed by atoms with Crippen LogP contribution in [0, 0.1) is 13.7 Å². The fraction of sp³-hybridized carbons (Fsp3) is 0.167. The summed E-state index contributed by atoms with van der Waals surface area (Å²) in [4.78, 5) is 13.9. The highest BCUT2D eigenvalue weighted by Gasteiger charge is 2.13. The Morgan fingerprint density at radius 2 is 2.42 bits per heavy atom. The van der Waals surface area contributed by atoms with Gasteiger partial charge in [0.05, 0.1) is 4.92 Å². The van der Waals surface area contributed by atoms with Gasteiger partial charge in [-0.2, -0.15) is 0 Å². The Balaban J connectivity index is 3.21. The summed E-state index contributed by atoms with van der Waals surface area (Å²) in [5.41, 5.74) is 0.00407. The maximum Gasteiger partial charge on any atom is 0.312 e. The third-order valence-corrected chi connectivity index (χ3v) is 1.86. The van der Waals surface area contributed by atoms with Crippen LogP contribution >= 0.6 is 22.6 Å². The maximum absolute atomic E-state index is 10.5. The van der Waals surface area contributed by atoms with E-state index < -0.39 is 4.92 Å². The van der Waals surface area contributed by atoms with Crippen LogP contribution in [0.15, 0.2) is 12.3 Å². The first-order valence-electron chi connectivity index (χ1n) is 3.13. The van der Waals surface area contributed by atoms with Crippen molar-refractivity contribution in [1.82, 2.24) is 4.98 Å². The van der Waals surface area contributed by atoms with Crippen LogP contribution in [0.2, 0.25) is 0 Å². The normalized spacial score (nSPS) is 9.50. The van der Waals surface area contributed by atoms with Crippen LogP contribution in [0.25, 0.3) is 0 Å². The Bertz CT molecular complexity index is 316. The average molecular weight is 279 g/mol. The molecule has 6 heteroatoms. The number of anilines is 1. The van der Waals surface area contributed by atoms with Crippen molar-refractivity contribution in [3.63, 3.8) is 0 Å².